The van der Waals surface area contributed by atoms with Crippen molar-refractivity contribution in [3.8, 4) is 0 Å². The second-order valence-corrected chi connectivity index (χ2v) is 7.75. The second kappa shape index (κ2) is 6.85. The molecule has 0 spiro atoms. The van der Waals surface area contributed by atoms with Crippen molar-refractivity contribution in [3.63, 3.8) is 0 Å². The first-order chi connectivity index (χ1) is 10.6. The van der Waals surface area contributed by atoms with Crippen LogP contribution in [0, 0.1) is 0 Å². The van der Waals surface area contributed by atoms with Crippen LogP contribution in [0.3, 0.4) is 0 Å². The molecule has 0 N–H and O–H groups in total. The van der Waals surface area contributed by atoms with E-state index < -0.39 is 0 Å². The van der Waals surface area contributed by atoms with Crippen LogP contribution in [-0.4, -0.2) is 46.3 Å². The molecule has 1 saturated heterocycles. The van der Waals surface area contributed by atoms with E-state index in [2.05, 4.69) is 14.9 Å². The SMILES string of the molecule is CN(C)C(=O)c1cnc([C@@H]2CCCCN2Cc2cncs2)s1. The lowest BCUT2D eigenvalue weighted by Crippen LogP contribution is -2.32. The van der Waals surface area contributed by atoms with Crippen LogP contribution in [0.5, 0.6) is 0 Å². The fourth-order valence-corrected chi connectivity index (χ4v) is 4.47. The van der Waals surface area contributed by atoms with E-state index in [4.69, 9.17) is 0 Å². The number of hydrogen-bond donors (Lipinski definition) is 0. The molecule has 2 aromatic rings. The van der Waals surface area contributed by atoms with Crippen molar-refractivity contribution < 1.29 is 4.79 Å². The number of hydrogen-bond acceptors (Lipinski definition) is 6. The Morgan fingerprint density at radius 2 is 2.27 bits per heavy atom. The average molecular weight is 336 g/mol. The Morgan fingerprint density at radius 3 is 3.00 bits per heavy atom. The maximum absolute atomic E-state index is 12.1. The van der Waals surface area contributed by atoms with Crippen LogP contribution in [0.1, 0.15) is 44.9 Å². The topological polar surface area (TPSA) is 49.3 Å². The lowest BCUT2D eigenvalue weighted by atomic mass is 10.0. The van der Waals surface area contributed by atoms with Crippen molar-refractivity contribution in [3.05, 3.63) is 32.7 Å². The summed E-state index contributed by atoms with van der Waals surface area (Å²) in [4.78, 5) is 26.8. The Labute approximate surface area is 138 Å². The average Bonchev–Trinajstić information content (AvgIpc) is 3.18. The largest absolute Gasteiger partial charge is 0.344 e. The zero-order chi connectivity index (χ0) is 15.5. The molecule has 1 atom stereocenters. The number of carbonyl (C=O) groups excluding carboxylic acids is 1. The second-order valence-electron chi connectivity index (χ2n) is 5.71. The third-order valence-corrected chi connectivity index (χ3v) is 5.73. The van der Waals surface area contributed by atoms with Gasteiger partial charge in [0.2, 0.25) is 0 Å². The first-order valence-electron chi connectivity index (χ1n) is 7.44. The zero-order valence-electron chi connectivity index (χ0n) is 12.9. The summed E-state index contributed by atoms with van der Waals surface area (Å²) in [7, 11) is 3.55. The van der Waals surface area contributed by atoms with Gasteiger partial charge in [-0.25, -0.2) is 4.98 Å². The summed E-state index contributed by atoms with van der Waals surface area (Å²) >= 11 is 3.23. The van der Waals surface area contributed by atoms with Crippen molar-refractivity contribution in [1.29, 1.82) is 0 Å². The van der Waals surface area contributed by atoms with E-state index in [-0.39, 0.29) is 5.91 Å². The summed E-state index contributed by atoms with van der Waals surface area (Å²) in [6.45, 7) is 2.00. The van der Waals surface area contributed by atoms with E-state index in [0.717, 1.165) is 29.4 Å². The van der Waals surface area contributed by atoms with Gasteiger partial charge >= 0.3 is 0 Å². The summed E-state index contributed by atoms with van der Waals surface area (Å²) in [6, 6.07) is 0.324. The summed E-state index contributed by atoms with van der Waals surface area (Å²) in [5, 5.41) is 1.06. The minimum atomic E-state index is 0.0357. The Morgan fingerprint density at radius 1 is 1.41 bits per heavy atom. The van der Waals surface area contributed by atoms with E-state index in [0.29, 0.717) is 6.04 Å². The van der Waals surface area contributed by atoms with Gasteiger partial charge in [0.15, 0.2) is 0 Å². The number of piperidine rings is 1. The first-order valence-corrected chi connectivity index (χ1v) is 9.13. The molecule has 0 bridgehead atoms. The van der Waals surface area contributed by atoms with Crippen LogP contribution in [0.4, 0.5) is 0 Å². The number of rotatable bonds is 4. The third kappa shape index (κ3) is 3.37. The number of amides is 1. The molecule has 118 valence electrons. The lowest BCUT2D eigenvalue weighted by Gasteiger charge is -2.34. The molecule has 1 amide bonds. The maximum atomic E-state index is 12.1. The van der Waals surface area contributed by atoms with Crippen LogP contribution in [0.15, 0.2) is 17.9 Å². The maximum Gasteiger partial charge on any atom is 0.265 e. The molecule has 0 aromatic carbocycles. The zero-order valence-corrected chi connectivity index (χ0v) is 14.5. The molecule has 1 aliphatic heterocycles. The number of thiazole rings is 2. The van der Waals surface area contributed by atoms with Gasteiger partial charge in [-0.2, -0.15) is 0 Å². The standard InChI is InChI=1S/C15H20N4OS2/c1-18(2)15(20)13-8-17-14(22-13)12-5-3-4-6-19(12)9-11-7-16-10-21-11/h7-8,10,12H,3-6,9H2,1-2H3/t12-/m0/s1. The van der Waals surface area contributed by atoms with E-state index in [1.807, 2.05) is 11.7 Å². The predicted octanol–water partition coefficient (Wildman–Crippen LogP) is 3.03. The fraction of sp³-hybridized carbons (Fsp3) is 0.533. The third-order valence-electron chi connectivity index (χ3n) is 3.88. The van der Waals surface area contributed by atoms with Crippen LogP contribution in [0.25, 0.3) is 0 Å². The molecular weight excluding hydrogens is 316 g/mol. The first kappa shape index (κ1) is 15.6. The van der Waals surface area contributed by atoms with E-state index in [1.54, 1.807) is 36.5 Å². The normalized spacial score (nSPS) is 19.3. The minimum Gasteiger partial charge on any atom is -0.344 e. The van der Waals surface area contributed by atoms with Crippen molar-refractivity contribution in [2.75, 3.05) is 20.6 Å². The Bertz CT molecular complexity index is 623. The van der Waals surface area contributed by atoms with Gasteiger partial charge in [-0.15, -0.1) is 22.7 Å². The van der Waals surface area contributed by atoms with Crippen LogP contribution < -0.4 is 0 Å². The minimum absolute atomic E-state index is 0.0357. The van der Waals surface area contributed by atoms with Crippen LogP contribution in [0.2, 0.25) is 0 Å². The Balaban J connectivity index is 1.77. The Kier molecular flexibility index (Phi) is 4.85. The van der Waals surface area contributed by atoms with Crippen molar-refractivity contribution in [2.45, 2.75) is 31.8 Å². The molecule has 22 heavy (non-hydrogen) atoms. The highest BCUT2D eigenvalue weighted by molar-refractivity contribution is 7.13. The fourth-order valence-electron chi connectivity index (χ4n) is 2.74. The van der Waals surface area contributed by atoms with E-state index >= 15 is 0 Å². The molecule has 1 aliphatic rings. The van der Waals surface area contributed by atoms with E-state index in [9.17, 15) is 4.79 Å². The monoisotopic (exact) mass is 336 g/mol. The number of aromatic nitrogens is 2. The highest BCUT2D eigenvalue weighted by Gasteiger charge is 2.27. The highest BCUT2D eigenvalue weighted by atomic mass is 32.1. The van der Waals surface area contributed by atoms with Gasteiger partial charge in [-0.05, 0) is 19.4 Å². The number of likely N-dealkylation sites (tertiary alicyclic amines) is 1. The number of nitrogens with zero attached hydrogens (tertiary/aromatic N) is 4. The molecule has 1 fully saturated rings. The van der Waals surface area contributed by atoms with Gasteiger partial charge in [0, 0.05) is 31.7 Å². The van der Waals surface area contributed by atoms with Gasteiger partial charge in [0.25, 0.3) is 5.91 Å². The van der Waals surface area contributed by atoms with Crippen molar-refractivity contribution >= 4 is 28.6 Å². The Hall–Kier alpha value is -1.31. The van der Waals surface area contributed by atoms with Crippen LogP contribution in [-0.2, 0) is 6.54 Å². The summed E-state index contributed by atoms with van der Waals surface area (Å²) < 4.78 is 0. The molecule has 3 rings (SSSR count). The van der Waals surface area contributed by atoms with Gasteiger partial charge in [-0.1, -0.05) is 6.42 Å². The molecule has 0 saturated carbocycles. The molecule has 0 radical (unpaired) electrons. The molecule has 0 aliphatic carbocycles. The molecule has 7 heteroatoms. The molecule has 3 heterocycles. The molecular formula is C15H20N4OS2. The van der Waals surface area contributed by atoms with Gasteiger partial charge in [-0.3, -0.25) is 14.7 Å². The van der Waals surface area contributed by atoms with E-state index in [1.165, 1.54) is 29.1 Å². The van der Waals surface area contributed by atoms with Crippen LogP contribution >= 0.6 is 22.7 Å². The lowest BCUT2D eigenvalue weighted by molar-refractivity contribution is 0.0832. The smallest absolute Gasteiger partial charge is 0.265 e. The van der Waals surface area contributed by atoms with Gasteiger partial charge < -0.3 is 4.90 Å². The summed E-state index contributed by atoms with van der Waals surface area (Å²) in [5.74, 6) is 0.0357. The molecule has 5 nitrogen and oxygen atoms in total. The molecule has 0 unspecified atom stereocenters. The number of carbonyl (C=O) groups is 1. The summed E-state index contributed by atoms with van der Waals surface area (Å²) in [6.07, 6.45) is 7.23. The highest BCUT2D eigenvalue weighted by Crippen LogP contribution is 2.34. The molecule has 2 aromatic heterocycles. The van der Waals surface area contributed by atoms with Crippen molar-refractivity contribution in [1.82, 2.24) is 19.8 Å². The van der Waals surface area contributed by atoms with Gasteiger partial charge in [0.1, 0.15) is 9.88 Å². The van der Waals surface area contributed by atoms with Crippen molar-refractivity contribution in [2.24, 2.45) is 0 Å². The predicted molar refractivity (Wildman–Crippen MR) is 89.2 cm³/mol. The quantitative estimate of drug-likeness (QED) is 0.861. The summed E-state index contributed by atoms with van der Waals surface area (Å²) in [5.41, 5.74) is 1.88. The van der Waals surface area contributed by atoms with Gasteiger partial charge in [0.05, 0.1) is 17.7 Å².